The zero-order valence-corrected chi connectivity index (χ0v) is 21.2. The van der Waals surface area contributed by atoms with Crippen LogP contribution in [0.4, 0.5) is 10.5 Å². The molecule has 10 heteroatoms. The van der Waals surface area contributed by atoms with E-state index in [0.29, 0.717) is 24.6 Å². The minimum absolute atomic E-state index is 0.0888. The number of piperazine rings is 1. The summed E-state index contributed by atoms with van der Waals surface area (Å²) in [6.07, 6.45) is 2.01. The number of nitrogens with one attached hydrogen (secondary N) is 1. The predicted molar refractivity (Wildman–Crippen MR) is 141 cm³/mol. The molecule has 8 nitrogen and oxygen atoms in total. The van der Waals surface area contributed by atoms with Gasteiger partial charge in [-0.3, -0.25) is 9.69 Å². The lowest BCUT2D eigenvalue weighted by atomic mass is 10.1. The Bertz CT molecular complexity index is 1430. The number of carbonyl (C=O) groups is 1. The highest BCUT2D eigenvalue weighted by Gasteiger charge is 2.22. The number of carbonyl (C=O) groups excluding carboxylic acids is 1. The third-order valence-electron chi connectivity index (χ3n) is 6.04. The summed E-state index contributed by atoms with van der Waals surface area (Å²) in [5.74, 6) is 0. The molecule has 1 aliphatic heterocycles. The summed E-state index contributed by atoms with van der Waals surface area (Å²) in [6, 6.07) is 17.3. The van der Waals surface area contributed by atoms with E-state index in [-0.39, 0.29) is 11.6 Å². The van der Waals surface area contributed by atoms with E-state index in [4.69, 9.17) is 4.98 Å². The molecule has 4 aromatic rings. The number of hydrogen-bond acceptors (Lipinski definition) is 7. The average Bonchev–Trinajstić information content (AvgIpc) is 3.29. The SMILES string of the molecule is CSc1cccc(NC(=O)N2CCN(Cc3cc(=O)n4nc(-c5ccccc5C)sc4n3)CC2)c1. The number of benzene rings is 2. The first-order chi connectivity index (χ1) is 17.0. The van der Waals surface area contributed by atoms with Gasteiger partial charge in [0.25, 0.3) is 5.56 Å². The van der Waals surface area contributed by atoms with Gasteiger partial charge in [0.15, 0.2) is 0 Å². The Hall–Kier alpha value is -3.21. The monoisotopic (exact) mass is 506 g/mol. The van der Waals surface area contributed by atoms with E-state index in [1.54, 1.807) is 17.8 Å². The highest BCUT2D eigenvalue weighted by atomic mass is 32.2. The second-order valence-corrected chi connectivity index (χ2v) is 10.3. The summed E-state index contributed by atoms with van der Waals surface area (Å²) in [5, 5.41) is 8.28. The molecule has 2 amide bonds. The Morgan fingerprint density at radius 1 is 1.09 bits per heavy atom. The van der Waals surface area contributed by atoms with Crippen LogP contribution >= 0.6 is 23.1 Å². The molecule has 180 valence electrons. The largest absolute Gasteiger partial charge is 0.322 e. The van der Waals surface area contributed by atoms with Crippen molar-refractivity contribution in [2.45, 2.75) is 18.4 Å². The molecule has 2 aromatic heterocycles. The van der Waals surface area contributed by atoms with Crippen molar-refractivity contribution in [1.29, 1.82) is 0 Å². The van der Waals surface area contributed by atoms with Crippen LogP contribution in [-0.4, -0.2) is 62.9 Å². The number of fused-ring (bicyclic) bond motifs is 1. The molecule has 2 aromatic carbocycles. The van der Waals surface area contributed by atoms with Crippen LogP contribution < -0.4 is 10.9 Å². The van der Waals surface area contributed by atoms with Gasteiger partial charge in [0, 0.05) is 54.9 Å². The van der Waals surface area contributed by atoms with Crippen molar-refractivity contribution in [3.05, 3.63) is 76.2 Å². The second-order valence-electron chi connectivity index (χ2n) is 8.43. The number of anilines is 1. The van der Waals surface area contributed by atoms with Gasteiger partial charge in [-0.25, -0.2) is 9.78 Å². The maximum atomic E-state index is 12.7. The van der Waals surface area contributed by atoms with Crippen molar-refractivity contribution in [3.8, 4) is 10.6 Å². The summed E-state index contributed by atoms with van der Waals surface area (Å²) in [5.41, 5.74) is 3.47. The fourth-order valence-electron chi connectivity index (χ4n) is 4.10. The lowest BCUT2D eigenvalue weighted by molar-refractivity contribution is 0.142. The number of aryl methyl sites for hydroxylation is 1. The molecule has 5 rings (SSSR count). The van der Waals surface area contributed by atoms with E-state index in [0.717, 1.165) is 45.5 Å². The Morgan fingerprint density at radius 3 is 2.66 bits per heavy atom. The number of urea groups is 1. The summed E-state index contributed by atoms with van der Waals surface area (Å²) >= 11 is 3.07. The molecule has 0 radical (unpaired) electrons. The van der Waals surface area contributed by atoms with Gasteiger partial charge in [-0.1, -0.05) is 41.7 Å². The van der Waals surface area contributed by atoms with Gasteiger partial charge < -0.3 is 10.2 Å². The van der Waals surface area contributed by atoms with Crippen molar-refractivity contribution in [3.63, 3.8) is 0 Å². The first kappa shape index (κ1) is 23.5. The molecular weight excluding hydrogens is 480 g/mol. The van der Waals surface area contributed by atoms with E-state index < -0.39 is 0 Å². The molecule has 0 saturated carbocycles. The number of amides is 2. The van der Waals surface area contributed by atoms with Gasteiger partial charge in [-0.2, -0.15) is 9.61 Å². The minimum atomic E-state index is -0.174. The number of aromatic nitrogens is 3. The summed E-state index contributed by atoms with van der Waals surface area (Å²) in [7, 11) is 0. The number of hydrogen-bond donors (Lipinski definition) is 1. The minimum Gasteiger partial charge on any atom is -0.322 e. The average molecular weight is 507 g/mol. The fraction of sp³-hybridized carbons (Fsp3) is 0.280. The van der Waals surface area contributed by atoms with Gasteiger partial charge in [-0.15, -0.1) is 11.8 Å². The third kappa shape index (κ3) is 5.24. The second kappa shape index (κ2) is 10.2. The Labute approximate surface area is 211 Å². The van der Waals surface area contributed by atoms with Crippen LogP contribution in [0.15, 0.2) is 64.3 Å². The van der Waals surface area contributed by atoms with Crippen molar-refractivity contribution in [2.75, 3.05) is 37.8 Å². The first-order valence-electron chi connectivity index (χ1n) is 11.4. The smallest absolute Gasteiger partial charge is 0.321 e. The normalized spacial score (nSPS) is 14.4. The molecule has 3 heterocycles. The zero-order chi connectivity index (χ0) is 24.4. The van der Waals surface area contributed by atoms with Gasteiger partial charge in [0.2, 0.25) is 4.96 Å². The van der Waals surface area contributed by atoms with Crippen LogP contribution in [0.2, 0.25) is 0 Å². The van der Waals surface area contributed by atoms with E-state index in [1.807, 2.05) is 66.6 Å². The Morgan fingerprint density at radius 2 is 1.89 bits per heavy atom. The van der Waals surface area contributed by atoms with E-state index in [2.05, 4.69) is 15.3 Å². The van der Waals surface area contributed by atoms with Crippen LogP contribution in [0.1, 0.15) is 11.3 Å². The Kier molecular flexibility index (Phi) is 6.85. The topological polar surface area (TPSA) is 82.8 Å². The summed E-state index contributed by atoms with van der Waals surface area (Å²) < 4.78 is 1.38. The van der Waals surface area contributed by atoms with Crippen LogP contribution in [0, 0.1) is 6.92 Å². The maximum Gasteiger partial charge on any atom is 0.321 e. The van der Waals surface area contributed by atoms with E-state index >= 15 is 0 Å². The molecule has 0 aliphatic carbocycles. The summed E-state index contributed by atoms with van der Waals surface area (Å²) in [4.78, 5) is 35.9. The van der Waals surface area contributed by atoms with Gasteiger partial charge in [0.1, 0.15) is 5.01 Å². The molecule has 35 heavy (non-hydrogen) atoms. The molecule has 1 aliphatic rings. The third-order valence-corrected chi connectivity index (χ3v) is 7.71. The fourth-order valence-corrected chi connectivity index (χ4v) is 5.57. The van der Waals surface area contributed by atoms with Gasteiger partial charge >= 0.3 is 6.03 Å². The van der Waals surface area contributed by atoms with Gasteiger partial charge in [-0.05, 0) is 36.9 Å². The quantitative estimate of drug-likeness (QED) is 0.409. The molecule has 1 saturated heterocycles. The van der Waals surface area contributed by atoms with Crippen LogP contribution in [-0.2, 0) is 6.54 Å². The van der Waals surface area contributed by atoms with Crippen molar-refractivity contribution < 1.29 is 4.79 Å². The molecule has 0 atom stereocenters. The molecule has 0 bridgehead atoms. The number of nitrogens with zero attached hydrogens (tertiary/aromatic N) is 5. The van der Waals surface area contributed by atoms with Crippen LogP contribution in [0.5, 0.6) is 0 Å². The molecular formula is C25H26N6O2S2. The standard InChI is InChI=1S/C25H26N6O2S2/c1-17-6-3-4-9-21(17)23-28-31-22(32)15-19(27-25(31)35-23)16-29-10-12-30(13-11-29)24(33)26-18-7-5-8-20(14-18)34-2/h3-9,14-15H,10-13,16H2,1-2H3,(H,26,33). The van der Waals surface area contributed by atoms with Crippen molar-refractivity contribution >= 4 is 39.8 Å². The Balaban J connectivity index is 1.23. The summed E-state index contributed by atoms with van der Waals surface area (Å²) in [6.45, 7) is 5.27. The van der Waals surface area contributed by atoms with Crippen LogP contribution in [0.3, 0.4) is 0 Å². The number of rotatable bonds is 5. The number of thioether (sulfide) groups is 1. The van der Waals surface area contributed by atoms with Crippen molar-refractivity contribution in [2.24, 2.45) is 0 Å². The van der Waals surface area contributed by atoms with E-state index in [1.165, 1.54) is 15.9 Å². The van der Waals surface area contributed by atoms with Crippen LogP contribution in [0.25, 0.3) is 15.5 Å². The molecule has 0 unspecified atom stereocenters. The molecule has 1 fully saturated rings. The highest BCUT2D eigenvalue weighted by Crippen LogP contribution is 2.27. The van der Waals surface area contributed by atoms with E-state index in [9.17, 15) is 9.59 Å². The lowest BCUT2D eigenvalue weighted by Gasteiger charge is -2.34. The first-order valence-corrected chi connectivity index (χ1v) is 13.4. The molecule has 1 N–H and O–H groups in total. The van der Waals surface area contributed by atoms with Crippen molar-refractivity contribution in [1.82, 2.24) is 24.4 Å². The predicted octanol–water partition coefficient (Wildman–Crippen LogP) is 4.20. The highest BCUT2D eigenvalue weighted by molar-refractivity contribution is 7.98. The van der Waals surface area contributed by atoms with Gasteiger partial charge in [0.05, 0.1) is 5.69 Å². The lowest BCUT2D eigenvalue weighted by Crippen LogP contribution is -2.49. The zero-order valence-electron chi connectivity index (χ0n) is 19.6. The maximum absolute atomic E-state index is 12.7. The molecule has 0 spiro atoms.